The molecule has 0 saturated carbocycles. The Labute approximate surface area is 149 Å². The molecule has 1 amide bonds. The van der Waals surface area contributed by atoms with Crippen molar-refractivity contribution in [1.29, 1.82) is 0 Å². The maximum atomic E-state index is 12.6. The first kappa shape index (κ1) is 17.9. The highest BCUT2D eigenvalue weighted by Crippen LogP contribution is 2.35. The van der Waals surface area contributed by atoms with Gasteiger partial charge in [0, 0.05) is 24.6 Å². The van der Waals surface area contributed by atoms with Crippen molar-refractivity contribution in [2.24, 2.45) is 10.3 Å². The zero-order valence-electron chi connectivity index (χ0n) is 14.9. The summed E-state index contributed by atoms with van der Waals surface area (Å²) in [6.07, 6.45) is 3.70. The Hall–Kier alpha value is -1.89. The number of rotatable bonds is 3. The number of amidine groups is 1. The Kier molecular flexibility index (Phi) is 4.86. The Balaban J connectivity index is 1.97. The summed E-state index contributed by atoms with van der Waals surface area (Å²) in [5.74, 6) is 0.662. The van der Waals surface area contributed by atoms with E-state index in [1.807, 2.05) is 25.7 Å². The molecule has 0 bridgehead atoms. The monoisotopic (exact) mass is 363 g/mol. The molecule has 2 aliphatic rings. The average Bonchev–Trinajstić information content (AvgIpc) is 2.79. The second kappa shape index (κ2) is 6.78. The van der Waals surface area contributed by atoms with Crippen LogP contribution in [0.15, 0.2) is 27.5 Å². The van der Waals surface area contributed by atoms with Crippen LogP contribution in [-0.4, -0.2) is 32.7 Å². The number of carbonyl (C=O) groups is 1. The van der Waals surface area contributed by atoms with Gasteiger partial charge >= 0.3 is 0 Å². The summed E-state index contributed by atoms with van der Waals surface area (Å²) in [4.78, 5) is 14.6. The third kappa shape index (κ3) is 3.56. The van der Waals surface area contributed by atoms with E-state index < -0.39 is 10.0 Å². The quantitative estimate of drug-likeness (QED) is 0.895. The minimum atomic E-state index is -3.76. The number of hydrogen-bond donors (Lipinski definition) is 1. The van der Waals surface area contributed by atoms with E-state index >= 15 is 0 Å². The van der Waals surface area contributed by atoms with E-state index in [4.69, 9.17) is 0 Å². The molecule has 2 heterocycles. The SMILES string of the molecule is CC(C)C(C)NC(=O)c1ccc2c(c1)S(=O)(=O)N=C1CCCCCN12. The van der Waals surface area contributed by atoms with Gasteiger partial charge in [-0.25, -0.2) is 0 Å². The second-order valence-electron chi connectivity index (χ2n) is 7.13. The molecule has 6 nitrogen and oxygen atoms in total. The fraction of sp³-hybridized carbons (Fsp3) is 0.556. The molecule has 1 saturated heterocycles. The van der Waals surface area contributed by atoms with Crippen molar-refractivity contribution in [2.45, 2.75) is 57.4 Å². The predicted octanol–water partition coefficient (Wildman–Crippen LogP) is 2.94. The highest BCUT2D eigenvalue weighted by molar-refractivity contribution is 7.90. The molecule has 25 heavy (non-hydrogen) atoms. The molecule has 0 aromatic heterocycles. The van der Waals surface area contributed by atoms with Crippen molar-refractivity contribution < 1.29 is 13.2 Å². The molecule has 1 fully saturated rings. The number of anilines is 1. The lowest BCUT2D eigenvalue weighted by atomic mass is 10.1. The van der Waals surface area contributed by atoms with Crippen LogP contribution >= 0.6 is 0 Å². The lowest BCUT2D eigenvalue weighted by molar-refractivity contribution is 0.0930. The number of carbonyl (C=O) groups excluding carboxylic acids is 1. The van der Waals surface area contributed by atoms with Gasteiger partial charge in [-0.05, 0) is 43.9 Å². The largest absolute Gasteiger partial charge is 0.349 e. The summed E-state index contributed by atoms with van der Waals surface area (Å²) in [6, 6.07) is 4.90. The number of hydrogen-bond acceptors (Lipinski definition) is 4. The van der Waals surface area contributed by atoms with Crippen LogP contribution in [-0.2, 0) is 10.0 Å². The summed E-state index contributed by atoms with van der Waals surface area (Å²) >= 11 is 0. The van der Waals surface area contributed by atoms with Crippen LogP contribution in [0.3, 0.4) is 0 Å². The molecule has 1 N–H and O–H groups in total. The summed E-state index contributed by atoms with van der Waals surface area (Å²) in [5, 5.41) is 2.91. The molecular weight excluding hydrogens is 338 g/mol. The smallest absolute Gasteiger partial charge is 0.286 e. The number of nitrogens with one attached hydrogen (secondary N) is 1. The molecule has 2 aliphatic heterocycles. The van der Waals surface area contributed by atoms with Crippen LogP contribution in [0.1, 0.15) is 56.8 Å². The number of fused-ring (bicyclic) bond motifs is 3. The molecular formula is C18H25N3O3S. The second-order valence-corrected chi connectivity index (χ2v) is 8.71. The van der Waals surface area contributed by atoms with E-state index in [0.29, 0.717) is 29.4 Å². The van der Waals surface area contributed by atoms with Crippen molar-refractivity contribution >= 4 is 27.5 Å². The van der Waals surface area contributed by atoms with Crippen molar-refractivity contribution in [3.8, 4) is 0 Å². The van der Waals surface area contributed by atoms with E-state index in [9.17, 15) is 13.2 Å². The van der Waals surface area contributed by atoms with Crippen LogP contribution in [0.25, 0.3) is 0 Å². The van der Waals surface area contributed by atoms with Gasteiger partial charge in [-0.15, -0.1) is 4.40 Å². The van der Waals surface area contributed by atoms with Crippen molar-refractivity contribution in [3.05, 3.63) is 23.8 Å². The van der Waals surface area contributed by atoms with Gasteiger partial charge in [0.1, 0.15) is 10.7 Å². The number of amides is 1. The topological polar surface area (TPSA) is 78.8 Å². The van der Waals surface area contributed by atoms with Gasteiger partial charge in [-0.1, -0.05) is 20.3 Å². The van der Waals surface area contributed by atoms with Crippen LogP contribution < -0.4 is 10.2 Å². The maximum Gasteiger partial charge on any atom is 0.286 e. The fourth-order valence-electron chi connectivity index (χ4n) is 3.08. The Morgan fingerprint density at radius 1 is 1.20 bits per heavy atom. The molecule has 0 radical (unpaired) electrons. The Morgan fingerprint density at radius 3 is 2.68 bits per heavy atom. The predicted molar refractivity (Wildman–Crippen MR) is 98.6 cm³/mol. The van der Waals surface area contributed by atoms with Gasteiger partial charge in [-0.3, -0.25) is 4.79 Å². The standard InChI is InChI=1S/C18H25N3O3S/c1-12(2)13(3)19-18(22)14-8-9-15-16(11-14)25(23,24)20-17-7-5-4-6-10-21(15)17/h8-9,11-13H,4-7,10H2,1-3H3,(H,19,22). The Bertz CT molecular complexity index is 815. The Morgan fingerprint density at radius 2 is 1.96 bits per heavy atom. The zero-order valence-corrected chi connectivity index (χ0v) is 15.8. The fourth-order valence-corrected chi connectivity index (χ4v) is 4.36. The summed E-state index contributed by atoms with van der Waals surface area (Å²) < 4.78 is 29.2. The minimum Gasteiger partial charge on any atom is -0.349 e. The molecule has 7 heteroatoms. The van der Waals surface area contributed by atoms with Crippen LogP contribution in [0.5, 0.6) is 0 Å². The van der Waals surface area contributed by atoms with Gasteiger partial charge in [-0.2, -0.15) is 8.42 Å². The van der Waals surface area contributed by atoms with Crippen LogP contribution in [0.4, 0.5) is 5.69 Å². The average molecular weight is 363 g/mol. The molecule has 1 aromatic rings. The first-order chi connectivity index (χ1) is 11.8. The van der Waals surface area contributed by atoms with E-state index in [2.05, 4.69) is 9.71 Å². The first-order valence-electron chi connectivity index (χ1n) is 8.86. The number of benzene rings is 1. The third-order valence-electron chi connectivity index (χ3n) is 4.97. The van der Waals surface area contributed by atoms with Gasteiger partial charge in [0.15, 0.2) is 0 Å². The maximum absolute atomic E-state index is 12.6. The molecule has 1 atom stereocenters. The van der Waals surface area contributed by atoms with Gasteiger partial charge < -0.3 is 10.2 Å². The highest BCUT2D eigenvalue weighted by atomic mass is 32.2. The van der Waals surface area contributed by atoms with Crippen molar-refractivity contribution in [2.75, 3.05) is 11.4 Å². The first-order valence-corrected chi connectivity index (χ1v) is 10.3. The summed E-state index contributed by atoms with van der Waals surface area (Å²) in [7, 11) is -3.76. The molecule has 0 spiro atoms. The lowest BCUT2D eigenvalue weighted by Gasteiger charge is -2.29. The summed E-state index contributed by atoms with van der Waals surface area (Å²) in [5.41, 5.74) is 0.989. The summed E-state index contributed by atoms with van der Waals surface area (Å²) in [6.45, 7) is 6.75. The molecule has 1 aromatic carbocycles. The minimum absolute atomic E-state index is 0.00960. The highest BCUT2D eigenvalue weighted by Gasteiger charge is 2.32. The van der Waals surface area contributed by atoms with E-state index in [0.717, 1.165) is 25.8 Å². The van der Waals surface area contributed by atoms with E-state index in [-0.39, 0.29) is 16.8 Å². The lowest BCUT2D eigenvalue weighted by Crippen LogP contribution is -2.37. The molecule has 1 unspecified atom stereocenters. The van der Waals surface area contributed by atoms with Crippen LogP contribution in [0, 0.1) is 5.92 Å². The number of nitrogens with zero attached hydrogens (tertiary/aromatic N) is 2. The van der Waals surface area contributed by atoms with Crippen molar-refractivity contribution in [1.82, 2.24) is 5.32 Å². The normalized spacial score (nSPS) is 20.2. The third-order valence-corrected chi connectivity index (χ3v) is 6.30. The zero-order chi connectivity index (χ0) is 18.2. The van der Waals surface area contributed by atoms with E-state index in [1.54, 1.807) is 12.1 Å². The molecule has 136 valence electrons. The molecule has 0 aliphatic carbocycles. The van der Waals surface area contributed by atoms with Gasteiger partial charge in [0.25, 0.3) is 15.9 Å². The van der Waals surface area contributed by atoms with Crippen molar-refractivity contribution in [3.63, 3.8) is 0 Å². The van der Waals surface area contributed by atoms with Crippen LogP contribution in [0.2, 0.25) is 0 Å². The van der Waals surface area contributed by atoms with E-state index in [1.165, 1.54) is 6.07 Å². The van der Waals surface area contributed by atoms with Gasteiger partial charge in [0.05, 0.1) is 5.69 Å². The molecule has 3 rings (SSSR count). The number of sulfonamides is 1. The van der Waals surface area contributed by atoms with Gasteiger partial charge in [0.2, 0.25) is 0 Å².